The van der Waals surface area contributed by atoms with Gasteiger partial charge in [0.2, 0.25) is 0 Å². The number of carboxylic acids is 1. The van der Waals surface area contributed by atoms with Gasteiger partial charge in [-0.15, -0.1) is 13.2 Å². The van der Waals surface area contributed by atoms with Gasteiger partial charge in [-0.05, 0) is 37.6 Å². The van der Waals surface area contributed by atoms with E-state index in [9.17, 15) is 22.8 Å². The highest BCUT2D eigenvalue weighted by Crippen LogP contribution is 2.35. The molecule has 27 heavy (non-hydrogen) atoms. The van der Waals surface area contributed by atoms with Crippen molar-refractivity contribution in [2.75, 3.05) is 6.54 Å². The molecule has 2 unspecified atom stereocenters. The van der Waals surface area contributed by atoms with Crippen molar-refractivity contribution in [2.45, 2.75) is 25.7 Å². The van der Waals surface area contributed by atoms with Crippen LogP contribution in [0.25, 0.3) is 11.3 Å². The first-order chi connectivity index (χ1) is 12.7. The summed E-state index contributed by atoms with van der Waals surface area (Å²) in [4.78, 5) is 25.2. The number of ether oxygens (including phenoxy) is 1. The summed E-state index contributed by atoms with van der Waals surface area (Å²) in [6, 6.07) is 7.65. The fourth-order valence-corrected chi connectivity index (χ4v) is 3.18. The molecule has 1 aliphatic rings. The zero-order valence-corrected chi connectivity index (χ0v) is 14.2. The van der Waals surface area contributed by atoms with Gasteiger partial charge in [0.25, 0.3) is 5.91 Å². The van der Waals surface area contributed by atoms with E-state index in [1.165, 1.54) is 35.2 Å². The fraction of sp³-hybridized carbons (Fsp3) is 0.333. The molecule has 2 atom stereocenters. The Hall–Kier alpha value is -2.97. The zero-order chi connectivity index (χ0) is 19.8. The number of rotatable bonds is 4. The van der Waals surface area contributed by atoms with Crippen molar-refractivity contribution in [1.82, 2.24) is 4.90 Å². The van der Waals surface area contributed by atoms with Gasteiger partial charge in [-0.3, -0.25) is 9.59 Å². The van der Waals surface area contributed by atoms with E-state index >= 15 is 0 Å². The Morgan fingerprint density at radius 2 is 1.93 bits per heavy atom. The lowest BCUT2D eigenvalue weighted by atomic mass is 10.0. The second-order valence-electron chi connectivity index (χ2n) is 6.18. The first-order valence-electron chi connectivity index (χ1n) is 8.16. The zero-order valence-electron chi connectivity index (χ0n) is 14.2. The molecule has 1 aliphatic heterocycles. The molecule has 1 amide bonds. The molecule has 6 nitrogen and oxygen atoms in total. The van der Waals surface area contributed by atoms with Crippen molar-refractivity contribution < 1.29 is 37.0 Å². The molecule has 0 saturated carbocycles. The van der Waals surface area contributed by atoms with Gasteiger partial charge in [-0.1, -0.05) is 12.1 Å². The Morgan fingerprint density at radius 3 is 2.56 bits per heavy atom. The summed E-state index contributed by atoms with van der Waals surface area (Å²) >= 11 is 0. The number of carbonyl (C=O) groups is 2. The lowest BCUT2D eigenvalue weighted by Gasteiger charge is -2.22. The molecule has 0 aliphatic carbocycles. The van der Waals surface area contributed by atoms with Crippen molar-refractivity contribution >= 4 is 11.9 Å². The number of amides is 1. The monoisotopic (exact) mass is 383 g/mol. The molecular weight excluding hydrogens is 367 g/mol. The summed E-state index contributed by atoms with van der Waals surface area (Å²) in [6.07, 6.45) is -4.53. The summed E-state index contributed by atoms with van der Waals surface area (Å²) in [6.45, 7) is 1.90. The predicted molar refractivity (Wildman–Crippen MR) is 87.1 cm³/mol. The maximum absolute atomic E-state index is 12.6. The summed E-state index contributed by atoms with van der Waals surface area (Å²) in [7, 11) is 0. The Balaban J connectivity index is 1.84. The van der Waals surface area contributed by atoms with Crippen LogP contribution in [-0.4, -0.2) is 40.8 Å². The largest absolute Gasteiger partial charge is 0.573 e. The number of para-hydroxylation sites is 1. The number of nitrogens with zero attached hydrogens (tertiary/aromatic N) is 1. The van der Waals surface area contributed by atoms with Gasteiger partial charge in [0.1, 0.15) is 11.5 Å². The highest BCUT2D eigenvalue weighted by atomic mass is 19.4. The molecule has 2 heterocycles. The van der Waals surface area contributed by atoms with Crippen molar-refractivity contribution in [3.05, 3.63) is 42.2 Å². The topological polar surface area (TPSA) is 80.0 Å². The van der Waals surface area contributed by atoms with E-state index in [0.717, 1.165) is 6.07 Å². The van der Waals surface area contributed by atoms with Gasteiger partial charge < -0.3 is 19.2 Å². The number of aliphatic carboxylic acids is 1. The van der Waals surface area contributed by atoms with Crippen LogP contribution < -0.4 is 4.74 Å². The maximum atomic E-state index is 12.6. The van der Waals surface area contributed by atoms with Crippen LogP contribution in [0.2, 0.25) is 0 Å². The minimum absolute atomic E-state index is 0.0415. The lowest BCUT2D eigenvalue weighted by Crippen LogP contribution is -2.37. The van der Waals surface area contributed by atoms with E-state index in [-0.39, 0.29) is 23.6 Å². The highest BCUT2D eigenvalue weighted by Gasteiger charge is 2.39. The number of benzene rings is 1. The number of halogens is 3. The molecule has 1 aromatic carbocycles. The Labute approximate surface area is 152 Å². The van der Waals surface area contributed by atoms with Gasteiger partial charge in [-0.2, -0.15) is 0 Å². The van der Waals surface area contributed by atoms with Gasteiger partial charge in [0, 0.05) is 12.6 Å². The fourth-order valence-electron chi connectivity index (χ4n) is 3.18. The normalized spacial score (nSPS) is 19.9. The number of hydrogen-bond donors (Lipinski definition) is 1. The number of carbonyl (C=O) groups excluding carboxylic acids is 1. The molecule has 2 aromatic rings. The molecule has 1 aromatic heterocycles. The minimum Gasteiger partial charge on any atom is -0.481 e. The lowest BCUT2D eigenvalue weighted by molar-refractivity contribution is -0.274. The van der Waals surface area contributed by atoms with Crippen molar-refractivity contribution in [3.8, 4) is 17.1 Å². The van der Waals surface area contributed by atoms with Gasteiger partial charge in [0.05, 0.1) is 11.5 Å². The average molecular weight is 383 g/mol. The SMILES string of the molecule is CC1C(C(=O)O)CCN1C(=O)c1ccc(-c2ccccc2OC(F)(F)F)o1. The second-order valence-corrected chi connectivity index (χ2v) is 6.18. The smallest absolute Gasteiger partial charge is 0.481 e. The maximum Gasteiger partial charge on any atom is 0.573 e. The third kappa shape index (κ3) is 3.91. The number of likely N-dealkylation sites (tertiary alicyclic amines) is 1. The first kappa shape index (κ1) is 18.8. The molecule has 3 rings (SSSR count). The van der Waals surface area contributed by atoms with Crippen LogP contribution in [0.1, 0.15) is 23.9 Å². The van der Waals surface area contributed by atoms with Gasteiger partial charge in [0.15, 0.2) is 5.76 Å². The Kier molecular flexibility index (Phi) is 4.86. The van der Waals surface area contributed by atoms with Crippen LogP contribution in [0, 0.1) is 5.92 Å². The van der Waals surface area contributed by atoms with E-state index in [4.69, 9.17) is 9.52 Å². The molecular formula is C18H16F3NO5. The standard InChI is InChI=1S/C18H16F3NO5/c1-10-11(17(24)25)8-9-22(10)16(23)15-7-6-13(26-15)12-4-2-3-5-14(12)27-18(19,20)21/h2-7,10-11H,8-9H2,1H3,(H,24,25). The van der Waals surface area contributed by atoms with Crippen molar-refractivity contribution in [1.29, 1.82) is 0 Å². The number of furan rings is 1. The van der Waals surface area contributed by atoms with Crippen LogP contribution in [0.4, 0.5) is 13.2 Å². The van der Waals surface area contributed by atoms with Gasteiger partial charge in [-0.25, -0.2) is 0 Å². The molecule has 1 fully saturated rings. The third-order valence-corrected chi connectivity index (χ3v) is 4.53. The van der Waals surface area contributed by atoms with E-state index < -0.39 is 35.9 Å². The molecule has 0 spiro atoms. The van der Waals surface area contributed by atoms with Crippen molar-refractivity contribution in [2.24, 2.45) is 5.92 Å². The van der Waals surface area contributed by atoms with Crippen molar-refractivity contribution in [3.63, 3.8) is 0 Å². The average Bonchev–Trinajstić information content (AvgIpc) is 3.20. The molecule has 9 heteroatoms. The number of alkyl halides is 3. The van der Waals surface area contributed by atoms with Gasteiger partial charge >= 0.3 is 12.3 Å². The summed E-state index contributed by atoms with van der Waals surface area (Å²) in [5.41, 5.74) is 0.0479. The second kappa shape index (κ2) is 6.98. The van der Waals surface area contributed by atoms with E-state index in [1.807, 2.05) is 0 Å². The van der Waals surface area contributed by atoms with Crippen LogP contribution in [-0.2, 0) is 4.79 Å². The molecule has 1 N–H and O–H groups in total. The molecule has 144 valence electrons. The summed E-state index contributed by atoms with van der Waals surface area (Å²) < 4.78 is 47.1. The third-order valence-electron chi connectivity index (χ3n) is 4.53. The highest BCUT2D eigenvalue weighted by molar-refractivity contribution is 5.93. The Bertz CT molecular complexity index is 861. The molecule has 0 radical (unpaired) electrons. The summed E-state index contributed by atoms with van der Waals surface area (Å²) in [5.74, 6) is -2.63. The minimum atomic E-state index is -4.86. The van der Waals surface area contributed by atoms with Crippen LogP contribution in [0.15, 0.2) is 40.8 Å². The van der Waals surface area contributed by atoms with E-state index in [1.54, 1.807) is 6.92 Å². The molecule has 0 bridgehead atoms. The van der Waals surface area contributed by atoms with E-state index in [0.29, 0.717) is 6.42 Å². The summed E-state index contributed by atoms with van der Waals surface area (Å²) in [5, 5.41) is 9.16. The predicted octanol–water partition coefficient (Wildman–Crippen LogP) is 3.78. The van der Waals surface area contributed by atoms with Crippen LogP contribution >= 0.6 is 0 Å². The number of hydrogen-bond acceptors (Lipinski definition) is 4. The van der Waals surface area contributed by atoms with E-state index in [2.05, 4.69) is 4.74 Å². The van der Waals surface area contributed by atoms with Crippen LogP contribution in [0.3, 0.4) is 0 Å². The number of carboxylic acid groups (broad SMARTS) is 1. The quantitative estimate of drug-likeness (QED) is 0.869. The first-order valence-corrected chi connectivity index (χ1v) is 8.16. The molecule has 1 saturated heterocycles. The Morgan fingerprint density at radius 1 is 1.22 bits per heavy atom. The van der Waals surface area contributed by atoms with Crippen LogP contribution in [0.5, 0.6) is 5.75 Å².